The molecule has 0 radical (unpaired) electrons. The summed E-state index contributed by atoms with van der Waals surface area (Å²) in [5, 5.41) is 0.0922. The molecule has 0 nitrogen and oxygen atoms in total. The molecule has 0 amide bonds. The van der Waals surface area contributed by atoms with Crippen molar-refractivity contribution in [3.63, 3.8) is 0 Å². The Morgan fingerprint density at radius 1 is 0.944 bits per heavy atom. The summed E-state index contributed by atoms with van der Waals surface area (Å²) in [6.07, 6.45) is 0. The molecule has 2 aromatic carbocycles. The molecule has 2 aromatic rings. The lowest BCUT2D eigenvalue weighted by molar-refractivity contribution is 0.618. The zero-order valence-electron chi connectivity index (χ0n) is 10.2. The zero-order valence-corrected chi connectivity index (χ0v) is 11.0. The molecular formula is C16H12ClF. The van der Waals surface area contributed by atoms with Gasteiger partial charge in [0.1, 0.15) is 5.82 Å². The summed E-state index contributed by atoms with van der Waals surface area (Å²) in [6.45, 7) is 3.70. The molecule has 0 saturated heterocycles. The first-order valence-corrected chi connectivity index (χ1v) is 5.99. The van der Waals surface area contributed by atoms with Gasteiger partial charge in [-0.25, -0.2) is 4.39 Å². The minimum atomic E-state index is -0.396. The molecule has 0 N–H and O–H groups in total. The molecular weight excluding hydrogens is 247 g/mol. The lowest BCUT2D eigenvalue weighted by Crippen LogP contribution is -1.87. The predicted octanol–water partition coefficient (Wildman–Crippen LogP) is 4.50. The van der Waals surface area contributed by atoms with Gasteiger partial charge in [-0.3, -0.25) is 0 Å². The molecule has 0 spiro atoms. The molecule has 0 aromatic heterocycles. The maximum Gasteiger partial charge on any atom is 0.145 e. The Labute approximate surface area is 111 Å². The predicted molar refractivity (Wildman–Crippen MR) is 73.3 cm³/mol. The number of hydrogen-bond donors (Lipinski definition) is 0. The van der Waals surface area contributed by atoms with Crippen LogP contribution in [0.4, 0.5) is 4.39 Å². The Morgan fingerprint density at radius 3 is 2.28 bits per heavy atom. The fraction of sp³-hybridized carbons (Fsp3) is 0.125. The average Bonchev–Trinajstić information content (AvgIpc) is 2.37. The topological polar surface area (TPSA) is 0 Å². The van der Waals surface area contributed by atoms with E-state index in [1.165, 1.54) is 5.56 Å². The van der Waals surface area contributed by atoms with Crippen LogP contribution in [0.15, 0.2) is 36.4 Å². The van der Waals surface area contributed by atoms with Crippen molar-refractivity contribution in [1.82, 2.24) is 0 Å². The standard InChI is InChI=1S/C16H12ClF/c1-11-3-6-13(7-4-11)8-10-14-9-5-12(2)16(18)15(14)17/h3-7,9H,1-2H3. The van der Waals surface area contributed by atoms with Crippen LogP contribution >= 0.6 is 11.6 Å². The molecule has 18 heavy (non-hydrogen) atoms. The Bertz CT molecular complexity index is 631. The molecule has 0 aliphatic heterocycles. The largest absolute Gasteiger partial charge is 0.205 e. The molecule has 0 bridgehead atoms. The van der Waals surface area contributed by atoms with Gasteiger partial charge >= 0.3 is 0 Å². The van der Waals surface area contributed by atoms with Gasteiger partial charge in [0.2, 0.25) is 0 Å². The third-order valence-corrected chi connectivity index (χ3v) is 3.04. The highest BCUT2D eigenvalue weighted by Gasteiger charge is 2.06. The van der Waals surface area contributed by atoms with Gasteiger partial charge in [-0.2, -0.15) is 0 Å². The van der Waals surface area contributed by atoms with Crippen molar-refractivity contribution >= 4 is 11.6 Å². The lowest BCUT2D eigenvalue weighted by atomic mass is 10.1. The summed E-state index contributed by atoms with van der Waals surface area (Å²) >= 11 is 5.91. The van der Waals surface area contributed by atoms with Crippen LogP contribution in [0.1, 0.15) is 22.3 Å². The van der Waals surface area contributed by atoms with Crippen LogP contribution in [-0.2, 0) is 0 Å². The van der Waals surface area contributed by atoms with E-state index in [1.807, 2.05) is 31.2 Å². The molecule has 0 fully saturated rings. The highest BCUT2D eigenvalue weighted by molar-refractivity contribution is 6.32. The van der Waals surface area contributed by atoms with Gasteiger partial charge in [0, 0.05) is 11.1 Å². The van der Waals surface area contributed by atoms with Crippen LogP contribution in [0.25, 0.3) is 0 Å². The monoisotopic (exact) mass is 258 g/mol. The lowest BCUT2D eigenvalue weighted by Gasteiger charge is -2.00. The summed E-state index contributed by atoms with van der Waals surface area (Å²) in [6, 6.07) is 11.3. The van der Waals surface area contributed by atoms with E-state index >= 15 is 0 Å². The number of rotatable bonds is 0. The van der Waals surface area contributed by atoms with Crippen molar-refractivity contribution < 1.29 is 4.39 Å². The zero-order chi connectivity index (χ0) is 13.1. The van der Waals surface area contributed by atoms with Gasteiger partial charge in [0.25, 0.3) is 0 Å². The first kappa shape index (κ1) is 12.7. The van der Waals surface area contributed by atoms with Gasteiger partial charge < -0.3 is 0 Å². The molecule has 2 heteroatoms. The molecule has 0 aliphatic carbocycles. The van der Waals surface area contributed by atoms with E-state index in [0.717, 1.165) is 5.56 Å². The molecule has 0 heterocycles. The second kappa shape index (κ2) is 5.25. The quantitative estimate of drug-likeness (QED) is 0.611. The smallest absolute Gasteiger partial charge is 0.145 e. The molecule has 2 rings (SSSR count). The third-order valence-electron chi connectivity index (χ3n) is 2.67. The van der Waals surface area contributed by atoms with Crippen LogP contribution in [0.2, 0.25) is 5.02 Å². The highest BCUT2D eigenvalue weighted by atomic mass is 35.5. The van der Waals surface area contributed by atoms with Gasteiger partial charge in [-0.1, -0.05) is 47.2 Å². The van der Waals surface area contributed by atoms with Crippen LogP contribution in [-0.4, -0.2) is 0 Å². The maximum absolute atomic E-state index is 13.6. The summed E-state index contributed by atoms with van der Waals surface area (Å²) in [5.74, 6) is 5.47. The molecule has 0 unspecified atom stereocenters. The minimum absolute atomic E-state index is 0.0922. The van der Waals surface area contributed by atoms with Crippen LogP contribution in [0.5, 0.6) is 0 Å². The fourth-order valence-corrected chi connectivity index (χ4v) is 1.78. The third kappa shape index (κ3) is 2.72. The Kier molecular flexibility index (Phi) is 3.69. The normalized spacial score (nSPS) is 9.78. The van der Waals surface area contributed by atoms with E-state index < -0.39 is 5.82 Å². The van der Waals surface area contributed by atoms with Crippen molar-refractivity contribution in [1.29, 1.82) is 0 Å². The van der Waals surface area contributed by atoms with Gasteiger partial charge in [-0.05, 0) is 37.6 Å². The summed E-state index contributed by atoms with van der Waals surface area (Å²) in [5.41, 5.74) is 3.11. The van der Waals surface area contributed by atoms with E-state index in [2.05, 4.69) is 11.8 Å². The van der Waals surface area contributed by atoms with Crippen LogP contribution in [0, 0.1) is 31.5 Å². The van der Waals surface area contributed by atoms with Crippen molar-refractivity contribution in [2.24, 2.45) is 0 Å². The first-order valence-electron chi connectivity index (χ1n) is 5.61. The fourth-order valence-electron chi connectivity index (χ4n) is 1.52. The Morgan fingerprint density at radius 2 is 1.61 bits per heavy atom. The number of benzene rings is 2. The maximum atomic E-state index is 13.6. The Hall–Kier alpha value is -1.78. The van der Waals surface area contributed by atoms with Gasteiger partial charge in [0.05, 0.1) is 5.02 Å². The van der Waals surface area contributed by atoms with Crippen LogP contribution in [0.3, 0.4) is 0 Å². The van der Waals surface area contributed by atoms with Crippen LogP contribution < -0.4 is 0 Å². The number of halogens is 2. The van der Waals surface area contributed by atoms with Crippen molar-refractivity contribution in [3.8, 4) is 11.8 Å². The second-order valence-electron chi connectivity index (χ2n) is 4.17. The van der Waals surface area contributed by atoms with E-state index in [1.54, 1.807) is 19.1 Å². The Balaban J connectivity index is 2.36. The van der Waals surface area contributed by atoms with Crippen molar-refractivity contribution in [3.05, 3.63) is 69.5 Å². The summed E-state index contributed by atoms with van der Waals surface area (Å²) in [4.78, 5) is 0. The highest BCUT2D eigenvalue weighted by Crippen LogP contribution is 2.22. The first-order chi connectivity index (χ1) is 8.58. The van der Waals surface area contributed by atoms with Gasteiger partial charge in [0.15, 0.2) is 0 Å². The van der Waals surface area contributed by atoms with Gasteiger partial charge in [-0.15, -0.1) is 0 Å². The van der Waals surface area contributed by atoms with E-state index in [4.69, 9.17) is 11.6 Å². The minimum Gasteiger partial charge on any atom is -0.205 e. The molecule has 0 saturated carbocycles. The van der Waals surface area contributed by atoms with E-state index in [9.17, 15) is 4.39 Å². The van der Waals surface area contributed by atoms with Crippen molar-refractivity contribution in [2.45, 2.75) is 13.8 Å². The molecule has 90 valence electrons. The second-order valence-corrected chi connectivity index (χ2v) is 4.55. The summed E-state index contributed by atoms with van der Waals surface area (Å²) in [7, 11) is 0. The number of hydrogen-bond acceptors (Lipinski definition) is 0. The van der Waals surface area contributed by atoms with E-state index in [0.29, 0.717) is 11.1 Å². The number of aryl methyl sites for hydroxylation is 2. The average molecular weight is 259 g/mol. The SMILES string of the molecule is Cc1ccc(C#Cc2ccc(C)c(F)c2Cl)cc1. The van der Waals surface area contributed by atoms with E-state index in [-0.39, 0.29) is 5.02 Å². The summed E-state index contributed by atoms with van der Waals surface area (Å²) < 4.78 is 13.6. The van der Waals surface area contributed by atoms with Crippen molar-refractivity contribution in [2.75, 3.05) is 0 Å². The molecule has 0 aliphatic rings. The molecule has 0 atom stereocenters.